The van der Waals surface area contributed by atoms with E-state index >= 15 is 0 Å². The molecule has 0 atom stereocenters. The highest BCUT2D eigenvalue weighted by molar-refractivity contribution is 5.95. The Morgan fingerprint density at radius 2 is 1.61 bits per heavy atom. The van der Waals surface area contributed by atoms with Crippen molar-refractivity contribution in [2.75, 3.05) is 13.2 Å². The largest absolute Gasteiger partial charge is 0.462 e. The van der Waals surface area contributed by atoms with Crippen molar-refractivity contribution >= 4 is 11.9 Å². The minimum Gasteiger partial charge on any atom is -0.462 e. The van der Waals surface area contributed by atoms with Gasteiger partial charge in [0.05, 0.1) is 24.3 Å². The minimum absolute atomic E-state index is 0.334. The van der Waals surface area contributed by atoms with Crippen LogP contribution in [-0.4, -0.2) is 25.2 Å². The minimum atomic E-state index is -0.421. The summed E-state index contributed by atoms with van der Waals surface area (Å²) in [5.41, 5.74) is 0.745. The summed E-state index contributed by atoms with van der Waals surface area (Å²) in [6.07, 6.45) is 8.64. The Balaban J connectivity index is 2.49. The maximum atomic E-state index is 12.0. The second-order valence-corrected chi connectivity index (χ2v) is 5.23. The molecule has 126 valence electrons. The molecule has 0 aliphatic heterocycles. The summed E-state index contributed by atoms with van der Waals surface area (Å²) in [6.45, 7) is 4.89. The van der Waals surface area contributed by atoms with Crippen LogP contribution in [0.5, 0.6) is 0 Å². The van der Waals surface area contributed by atoms with Gasteiger partial charge in [-0.15, -0.1) is 0 Å². The van der Waals surface area contributed by atoms with Crippen LogP contribution in [0, 0.1) is 0 Å². The maximum absolute atomic E-state index is 12.0. The smallest absolute Gasteiger partial charge is 0.338 e. The molecule has 1 aromatic carbocycles. The number of ether oxygens (including phenoxy) is 2. The monoisotopic (exact) mass is 318 g/mol. The molecule has 4 nitrogen and oxygen atoms in total. The molecule has 1 rings (SSSR count). The summed E-state index contributed by atoms with van der Waals surface area (Å²) >= 11 is 0. The molecule has 1 aromatic rings. The van der Waals surface area contributed by atoms with Crippen molar-refractivity contribution < 1.29 is 19.1 Å². The fourth-order valence-corrected chi connectivity index (χ4v) is 1.96. The van der Waals surface area contributed by atoms with Gasteiger partial charge >= 0.3 is 11.9 Å². The van der Waals surface area contributed by atoms with Crippen molar-refractivity contribution in [1.82, 2.24) is 0 Å². The number of hydrogen-bond donors (Lipinski definition) is 0. The van der Waals surface area contributed by atoms with Gasteiger partial charge < -0.3 is 9.47 Å². The molecule has 23 heavy (non-hydrogen) atoms. The fourth-order valence-electron chi connectivity index (χ4n) is 1.96. The summed E-state index contributed by atoms with van der Waals surface area (Å²) in [6, 6.07) is 6.46. The third-order valence-corrected chi connectivity index (χ3v) is 3.24. The fraction of sp³-hybridized carbons (Fsp3) is 0.474. The van der Waals surface area contributed by atoms with E-state index in [1.165, 1.54) is 6.07 Å². The van der Waals surface area contributed by atoms with Gasteiger partial charge in [-0.25, -0.2) is 9.59 Å². The third-order valence-electron chi connectivity index (χ3n) is 3.24. The van der Waals surface area contributed by atoms with Crippen molar-refractivity contribution in [2.45, 2.75) is 46.0 Å². The first kappa shape index (κ1) is 18.9. The van der Waals surface area contributed by atoms with Gasteiger partial charge in [-0.1, -0.05) is 44.9 Å². The molecule has 0 saturated heterocycles. The van der Waals surface area contributed by atoms with Crippen LogP contribution in [0.15, 0.2) is 36.4 Å². The SMILES string of the molecule is CC/C=C\CCOC(=O)c1cccc(C(=O)OCCCCC)c1. The van der Waals surface area contributed by atoms with Gasteiger partial charge in [-0.3, -0.25) is 0 Å². The number of hydrogen-bond acceptors (Lipinski definition) is 4. The van der Waals surface area contributed by atoms with Crippen LogP contribution in [0.1, 0.15) is 66.7 Å². The second kappa shape index (κ2) is 11.5. The third kappa shape index (κ3) is 7.63. The number of allylic oxidation sites excluding steroid dienone is 1. The molecule has 0 spiro atoms. The van der Waals surface area contributed by atoms with Crippen LogP contribution < -0.4 is 0 Å². The molecular weight excluding hydrogens is 292 g/mol. The highest BCUT2D eigenvalue weighted by Crippen LogP contribution is 2.09. The van der Waals surface area contributed by atoms with E-state index in [9.17, 15) is 9.59 Å². The first-order valence-corrected chi connectivity index (χ1v) is 8.28. The van der Waals surface area contributed by atoms with Crippen LogP contribution in [0.4, 0.5) is 0 Å². The molecule has 0 bridgehead atoms. The Labute approximate surface area is 138 Å². The Kier molecular flexibility index (Phi) is 9.45. The average molecular weight is 318 g/mol. The summed E-state index contributed by atoms with van der Waals surface area (Å²) in [4.78, 5) is 23.9. The molecule has 0 radical (unpaired) electrons. The molecule has 0 aliphatic rings. The molecule has 0 amide bonds. The van der Waals surface area contributed by atoms with Gasteiger partial charge in [-0.2, -0.15) is 0 Å². The molecule has 4 heteroatoms. The Hall–Kier alpha value is -2.10. The van der Waals surface area contributed by atoms with Crippen LogP contribution in [0.2, 0.25) is 0 Å². The topological polar surface area (TPSA) is 52.6 Å². The first-order valence-electron chi connectivity index (χ1n) is 8.28. The lowest BCUT2D eigenvalue weighted by Crippen LogP contribution is -2.10. The Morgan fingerprint density at radius 3 is 2.22 bits per heavy atom. The number of esters is 2. The zero-order valence-electron chi connectivity index (χ0n) is 14.0. The summed E-state index contributed by atoms with van der Waals surface area (Å²) in [5, 5.41) is 0. The molecule has 0 aliphatic carbocycles. The van der Waals surface area contributed by atoms with Crippen molar-refractivity contribution in [3.8, 4) is 0 Å². The van der Waals surface area contributed by atoms with Crippen molar-refractivity contribution in [3.63, 3.8) is 0 Å². The van der Waals surface area contributed by atoms with Crippen molar-refractivity contribution in [1.29, 1.82) is 0 Å². The second-order valence-electron chi connectivity index (χ2n) is 5.23. The summed E-state index contributed by atoms with van der Waals surface area (Å²) < 4.78 is 10.4. The lowest BCUT2D eigenvalue weighted by atomic mass is 10.1. The average Bonchev–Trinajstić information content (AvgIpc) is 2.58. The Bertz CT molecular complexity index is 520. The quantitative estimate of drug-likeness (QED) is 0.361. The first-order chi connectivity index (χ1) is 11.2. The summed E-state index contributed by atoms with van der Waals surface area (Å²) in [5.74, 6) is -0.822. The maximum Gasteiger partial charge on any atom is 0.338 e. The molecule has 0 fully saturated rings. The normalized spacial score (nSPS) is 10.7. The number of rotatable bonds is 10. The van der Waals surface area contributed by atoms with Crippen molar-refractivity contribution in [2.24, 2.45) is 0 Å². The van der Waals surface area contributed by atoms with Crippen molar-refractivity contribution in [3.05, 3.63) is 47.5 Å². The van der Waals surface area contributed by atoms with Gasteiger partial charge in [0.25, 0.3) is 0 Å². The highest BCUT2D eigenvalue weighted by atomic mass is 16.5. The lowest BCUT2D eigenvalue weighted by Gasteiger charge is -2.06. The zero-order valence-corrected chi connectivity index (χ0v) is 14.0. The van der Waals surface area contributed by atoms with E-state index in [4.69, 9.17) is 9.47 Å². The van der Waals surface area contributed by atoms with Gasteiger partial charge in [0.1, 0.15) is 0 Å². The van der Waals surface area contributed by atoms with Crippen LogP contribution in [0.25, 0.3) is 0 Å². The molecule has 0 unspecified atom stereocenters. The zero-order chi connectivity index (χ0) is 16.9. The highest BCUT2D eigenvalue weighted by Gasteiger charge is 2.12. The van der Waals surface area contributed by atoms with Crippen LogP contribution in [0.3, 0.4) is 0 Å². The van der Waals surface area contributed by atoms with E-state index < -0.39 is 11.9 Å². The lowest BCUT2D eigenvalue weighted by molar-refractivity contribution is 0.0498. The van der Waals surface area contributed by atoms with Gasteiger partial charge in [0.2, 0.25) is 0 Å². The number of benzene rings is 1. The summed E-state index contributed by atoms with van der Waals surface area (Å²) in [7, 11) is 0. The van der Waals surface area contributed by atoms with E-state index in [1.807, 2.05) is 12.2 Å². The standard InChI is InChI=1S/C19H26O4/c1-3-5-7-9-14-23-19(21)17-12-10-11-16(15-17)18(20)22-13-8-6-4-2/h5,7,10-12,15H,3-4,6,8-9,13-14H2,1-2H3/b7-5-. The van der Waals surface area contributed by atoms with E-state index in [0.717, 1.165) is 25.7 Å². The Morgan fingerprint density at radius 1 is 0.957 bits per heavy atom. The van der Waals surface area contributed by atoms with Gasteiger partial charge in [-0.05, 0) is 37.5 Å². The molecule has 0 aromatic heterocycles. The van der Waals surface area contributed by atoms with E-state index in [0.29, 0.717) is 30.8 Å². The molecule has 0 heterocycles. The van der Waals surface area contributed by atoms with E-state index in [2.05, 4.69) is 13.8 Å². The molecular formula is C19H26O4. The predicted octanol–water partition coefficient (Wildman–Crippen LogP) is 4.55. The number of unbranched alkanes of at least 4 members (excludes halogenated alkanes) is 2. The van der Waals surface area contributed by atoms with E-state index in [-0.39, 0.29) is 0 Å². The van der Waals surface area contributed by atoms with Crippen LogP contribution in [-0.2, 0) is 9.47 Å². The molecule has 0 N–H and O–H groups in total. The van der Waals surface area contributed by atoms with Gasteiger partial charge in [0, 0.05) is 0 Å². The predicted molar refractivity (Wildman–Crippen MR) is 90.6 cm³/mol. The van der Waals surface area contributed by atoms with Crippen LogP contribution >= 0.6 is 0 Å². The molecule has 0 saturated carbocycles. The number of carbonyl (C=O) groups is 2. The van der Waals surface area contributed by atoms with E-state index in [1.54, 1.807) is 18.2 Å². The number of carbonyl (C=O) groups excluding carboxylic acids is 2. The van der Waals surface area contributed by atoms with Gasteiger partial charge in [0.15, 0.2) is 0 Å².